The van der Waals surface area contributed by atoms with Crippen LogP contribution in [0.5, 0.6) is 11.5 Å². The molecule has 0 aliphatic heterocycles. The number of nitrogens with one attached hydrogen (secondary N) is 1. The van der Waals surface area contributed by atoms with E-state index in [0.29, 0.717) is 18.2 Å². The fourth-order valence-corrected chi connectivity index (χ4v) is 2.80. The van der Waals surface area contributed by atoms with Gasteiger partial charge in [0.2, 0.25) is 0 Å². The maximum Gasteiger partial charge on any atom is 0.121 e. The van der Waals surface area contributed by atoms with Crippen molar-refractivity contribution < 1.29 is 9.47 Å². The first-order chi connectivity index (χ1) is 13.2. The quantitative estimate of drug-likeness (QED) is 0.505. The van der Waals surface area contributed by atoms with E-state index in [1.54, 1.807) is 0 Å². The zero-order valence-electron chi connectivity index (χ0n) is 15.4. The topological polar surface area (TPSA) is 30.5 Å². The van der Waals surface area contributed by atoms with E-state index >= 15 is 0 Å². The summed E-state index contributed by atoms with van der Waals surface area (Å²) in [6, 6.07) is 25.8. The highest BCUT2D eigenvalue weighted by Crippen LogP contribution is 2.19. The van der Waals surface area contributed by atoms with E-state index in [4.69, 9.17) is 21.1 Å². The molecule has 27 heavy (non-hydrogen) atoms. The Kier molecular flexibility index (Phi) is 7.00. The number of benzene rings is 3. The van der Waals surface area contributed by atoms with Crippen molar-refractivity contribution in [2.75, 3.05) is 18.5 Å². The van der Waals surface area contributed by atoms with Gasteiger partial charge in [-0.3, -0.25) is 0 Å². The van der Waals surface area contributed by atoms with Gasteiger partial charge in [0.1, 0.15) is 17.6 Å². The van der Waals surface area contributed by atoms with E-state index in [-0.39, 0.29) is 6.10 Å². The minimum atomic E-state index is 0.0221. The summed E-state index contributed by atoms with van der Waals surface area (Å²) in [7, 11) is 0. The standard InChI is InChI=1S/C23H24ClNO2/c1-18(27-22-12-10-20(24)11-13-22)17-25-21-8-5-9-23(16-21)26-15-14-19-6-3-2-4-7-19/h2-13,16,18,25H,14-15,17H2,1H3. The Labute approximate surface area is 165 Å². The van der Waals surface area contributed by atoms with Crippen LogP contribution < -0.4 is 14.8 Å². The molecule has 1 N–H and O–H groups in total. The number of rotatable bonds is 9. The summed E-state index contributed by atoms with van der Waals surface area (Å²) in [5, 5.41) is 4.10. The Morgan fingerprint density at radius 2 is 1.67 bits per heavy atom. The summed E-state index contributed by atoms with van der Waals surface area (Å²) in [5.41, 5.74) is 2.29. The number of hydrogen-bond donors (Lipinski definition) is 1. The van der Waals surface area contributed by atoms with Crippen molar-refractivity contribution in [2.45, 2.75) is 19.4 Å². The zero-order valence-corrected chi connectivity index (χ0v) is 16.2. The van der Waals surface area contributed by atoms with Crippen LogP contribution in [0.3, 0.4) is 0 Å². The highest BCUT2D eigenvalue weighted by Gasteiger charge is 2.05. The van der Waals surface area contributed by atoms with Gasteiger partial charge in [-0.05, 0) is 48.9 Å². The average Bonchev–Trinajstić information content (AvgIpc) is 2.69. The molecule has 0 amide bonds. The molecule has 3 aromatic carbocycles. The predicted molar refractivity (Wildman–Crippen MR) is 112 cm³/mol. The van der Waals surface area contributed by atoms with Crippen LogP contribution in [0.2, 0.25) is 5.02 Å². The molecule has 3 rings (SSSR count). The van der Waals surface area contributed by atoms with Crippen LogP contribution in [-0.4, -0.2) is 19.3 Å². The molecule has 0 bridgehead atoms. The molecule has 3 aromatic rings. The molecule has 0 saturated carbocycles. The zero-order chi connectivity index (χ0) is 18.9. The van der Waals surface area contributed by atoms with Gasteiger partial charge in [0.15, 0.2) is 0 Å². The molecule has 140 valence electrons. The molecular weight excluding hydrogens is 358 g/mol. The van der Waals surface area contributed by atoms with Gasteiger partial charge >= 0.3 is 0 Å². The van der Waals surface area contributed by atoms with Crippen LogP contribution in [0.4, 0.5) is 5.69 Å². The third-order valence-corrected chi connectivity index (χ3v) is 4.33. The molecule has 4 heteroatoms. The summed E-state index contributed by atoms with van der Waals surface area (Å²) >= 11 is 5.90. The minimum absolute atomic E-state index is 0.0221. The molecule has 0 saturated heterocycles. The third-order valence-electron chi connectivity index (χ3n) is 4.08. The average molecular weight is 382 g/mol. The van der Waals surface area contributed by atoms with E-state index in [2.05, 4.69) is 17.4 Å². The number of anilines is 1. The lowest BCUT2D eigenvalue weighted by Gasteiger charge is -2.16. The second-order valence-electron chi connectivity index (χ2n) is 6.38. The second-order valence-corrected chi connectivity index (χ2v) is 6.81. The van der Waals surface area contributed by atoms with Crippen molar-refractivity contribution in [1.82, 2.24) is 0 Å². The summed E-state index contributed by atoms with van der Waals surface area (Å²) in [4.78, 5) is 0. The van der Waals surface area contributed by atoms with Crippen LogP contribution >= 0.6 is 11.6 Å². The van der Waals surface area contributed by atoms with Gasteiger partial charge in [0.25, 0.3) is 0 Å². The molecule has 1 unspecified atom stereocenters. The molecule has 1 atom stereocenters. The summed E-state index contributed by atoms with van der Waals surface area (Å²) in [5.74, 6) is 1.67. The highest BCUT2D eigenvalue weighted by atomic mass is 35.5. The van der Waals surface area contributed by atoms with Gasteiger partial charge in [-0.1, -0.05) is 48.0 Å². The van der Waals surface area contributed by atoms with E-state index < -0.39 is 0 Å². The smallest absolute Gasteiger partial charge is 0.121 e. The van der Waals surface area contributed by atoms with Gasteiger partial charge in [0.05, 0.1) is 13.2 Å². The van der Waals surface area contributed by atoms with Crippen molar-refractivity contribution in [2.24, 2.45) is 0 Å². The number of hydrogen-bond acceptors (Lipinski definition) is 3. The van der Waals surface area contributed by atoms with Crippen molar-refractivity contribution in [1.29, 1.82) is 0 Å². The predicted octanol–water partition coefficient (Wildman–Crippen LogP) is 5.84. The van der Waals surface area contributed by atoms with E-state index in [1.165, 1.54) is 5.56 Å². The SMILES string of the molecule is CC(CNc1cccc(OCCc2ccccc2)c1)Oc1ccc(Cl)cc1. The Bertz CT molecular complexity index is 821. The van der Waals surface area contributed by atoms with Crippen molar-refractivity contribution in [3.63, 3.8) is 0 Å². The fraction of sp³-hybridized carbons (Fsp3) is 0.217. The lowest BCUT2D eigenvalue weighted by molar-refractivity contribution is 0.235. The first-order valence-electron chi connectivity index (χ1n) is 9.12. The Balaban J connectivity index is 1.44. The van der Waals surface area contributed by atoms with Crippen molar-refractivity contribution in [3.05, 3.63) is 89.4 Å². The Morgan fingerprint density at radius 1 is 0.889 bits per heavy atom. The molecule has 3 nitrogen and oxygen atoms in total. The molecule has 0 aliphatic rings. The first kappa shape index (κ1) is 19.1. The minimum Gasteiger partial charge on any atom is -0.493 e. The molecule has 0 radical (unpaired) electrons. The van der Waals surface area contributed by atoms with Crippen molar-refractivity contribution in [3.8, 4) is 11.5 Å². The van der Waals surface area contributed by atoms with Gasteiger partial charge < -0.3 is 14.8 Å². The molecular formula is C23H24ClNO2. The Hall–Kier alpha value is -2.65. The first-order valence-corrected chi connectivity index (χ1v) is 9.50. The van der Waals surface area contributed by atoms with Crippen LogP contribution in [0.15, 0.2) is 78.9 Å². The monoisotopic (exact) mass is 381 g/mol. The van der Waals surface area contributed by atoms with Crippen LogP contribution in [0.1, 0.15) is 12.5 Å². The Morgan fingerprint density at radius 3 is 2.44 bits per heavy atom. The van der Waals surface area contributed by atoms with Gasteiger partial charge in [-0.2, -0.15) is 0 Å². The van der Waals surface area contributed by atoms with Crippen LogP contribution in [-0.2, 0) is 6.42 Å². The van der Waals surface area contributed by atoms with Gasteiger partial charge in [-0.15, -0.1) is 0 Å². The van der Waals surface area contributed by atoms with E-state index in [9.17, 15) is 0 Å². The normalized spacial score (nSPS) is 11.6. The van der Waals surface area contributed by atoms with Crippen LogP contribution in [0.25, 0.3) is 0 Å². The van der Waals surface area contributed by atoms with Gasteiger partial charge in [0, 0.05) is 23.2 Å². The number of ether oxygens (including phenoxy) is 2. The van der Waals surface area contributed by atoms with E-state index in [1.807, 2.05) is 73.7 Å². The fourth-order valence-electron chi connectivity index (χ4n) is 2.68. The van der Waals surface area contributed by atoms with Crippen LogP contribution in [0, 0.1) is 0 Å². The lowest BCUT2D eigenvalue weighted by atomic mass is 10.2. The second kappa shape index (κ2) is 9.89. The summed E-state index contributed by atoms with van der Waals surface area (Å²) < 4.78 is 11.8. The summed E-state index contributed by atoms with van der Waals surface area (Å²) in [6.45, 7) is 3.38. The maximum atomic E-state index is 5.90. The molecule has 0 fully saturated rings. The molecule has 0 aromatic heterocycles. The highest BCUT2D eigenvalue weighted by molar-refractivity contribution is 6.30. The van der Waals surface area contributed by atoms with Crippen molar-refractivity contribution >= 4 is 17.3 Å². The third kappa shape index (κ3) is 6.54. The molecule has 0 aliphatic carbocycles. The molecule has 0 heterocycles. The molecule has 0 spiro atoms. The summed E-state index contributed by atoms with van der Waals surface area (Å²) in [6.07, 6.45) is 0.915. The lowest BCUT2D eigenvalue weighted by Crippen LogP contribution is -2.22. The number of halogens is 1. The van der Waals surface area contributed by atoms with Gasteiger partial charge in [-0.25, -0.2) is 0 Å². The largest absolute Gasteiger partial charge is 0.493 e. The maximum absolute atomic E-state index is 5.90. The van der Waals surface area contributed by atoms with E-state index in [0.717, 1.165) is 23.6 Å².